The van der Waals surface area contributed by atoms with Crippen LogP contribution in [0.25, 0.3) is 0 Å². The van der Waals surface area contributed by atoms with Crippen LogP contribution in [0.5, 0.6) is 0 Å². The molecule has 0 aromatic carbocycles. The van der Waals surface area contributed by atoms with E-state index in [0.717, 1.165) is 4.90 Å². The summed E-state index contributed by atoms with van der Waals surface area (Å²) in [7, 11) is -0.801. The third-order valence-corrected chi connectivity index (χ3v) is 1.85. The zero-order valence-electron chi connectivity index (χ0n) is 6.80. The van der Waals surface area contributed by atoms with Crippen molar-refractivity contribution in [2.45, 2.75) is 6.92 Å². The SMILES string of the molecule is CC(CN(C#P=O)C#P=O)C(=O)O. The molecule has 70 valence electrons. The zero-order chi connectivity index (χ0) is 10.3. The quantitative estimate of drug-likeness (QED) is 0.573. The number of aliphatic carboxylic acids is 1. The maximum absolute atomic E-state index is 10.4. The Kier molecular flexibility index (Phi) is 6.62. The van der Waals surface area contributed by atoms with E-state index in [0.29, 0.717) is 0 Å². The predicted octanol–water partition coefficient (Wildman–Crippen LogP) is 1.43. The second-order valence-corrected chi connectivity index (χ2v) is 3.00. The Hall–Kier alpha value is -0.550. The first-order chi connectivity index (χ1) is 6.11. The Morgan fingerprint density at radius 3 is 2.23 bits per heavy atom. The van der Waals surface area contributed by atoms with Crippen LogP contribution in [-0.2, 0) is 13.9 Å². The van der Waals surface area contributed by atoms with Gasteiger partial charge in [-0.15, -0.1) is 0 Å². The molecule has 0 aliphatic heterocycles. The van der Waals surface area contributed by atoms with Crippen LogP contribution in [0.4, 0.5) is 0 Å². The summed E-state index contributed by atoms with van der Waals surface area (Å²) in [6.07, 6.45) is 0. The summed E-state index contributed by atoms with van der Waals surface area (Å²) >= 11 is 0. The number of carboxylic acid groups (broad SMARTS) is 1. The number of nitrogens with zero attached hydrogens (tertiary/aromatic N) is 1. The number of hydrogen-bond donors (Lipinski definition) is 1. The van der Waals surface area contributed by atoms with Crippen molar-refractivity contribution >= 4 is 21.8 Å². The number of rotatable bonds is 3. The fourth-order valence-corrected chi connectivity index (χ4v) is 1.09. The van der Waals surface area contributed by atoms with E-state index in [-0.39, 0.29) is 6.54 Å². The summed E-state index contributed by atoms with van der Waals surface area (Å²) in [5, 5.41) is 8.52. The average Bonchev–Trinajstić information content (AvgIpc) is 2.05. The Bertz CT molecular complexity index is 353. The maximum atomic E-state index is 10.4. The number of carboxylic acids is 1. The Morgan fingerprint density at radius 1 is 1.46 bits per heavy atom. The van der Waals surface area contributed by atoms with Crippen molar-refractivity contribution in [2.24, 2.45) is 5.92 Å². The number of carbonyl (C=O) groups is 1. The van der Waals surface area contributed by atoms with E-state index in [4.69, 9.17) is 5.11 Å². The monoisotopic (exact) mass is 219 g/mol. The molecule has 1 N–H and O–H groups in total. The molecule has 0 amide bonds. The second kappa shape index (κ2) is 6.91. The van der Waals surface area contributed by atoms with Crippen LogP contribution in [0.1, 0.15) is 6.92 Å². The molecule has 0 saturated heterocycles. The van der Waals surface area contributed by atoms with Gasteiger partial charge in [-0.05, 0) is 0 Å². The zero-order valence-corrected chi connectivity index (χ0v) is 8.59. The van der Waals surface area contributed by atoms with Crippen LogP contribution in [0.3, 0.4) is 0 Å². The first-order valence-corrected chi connectivity index (χ1v) is 4.90. The molecular formula is C6H7NO4P2. The molecule has 0 aliphatic carbocycles. The van der Waals surface area contributed by atoms with Crippen LogP contribution in [0.15, 0.2) is 0 Å². The van der Waals surface area contributed by atoms with Gasteiger partial charge in [-0.2, -0.15) is 0 Å². The van der Waals surface area contributed by atoms with E-state index >= 15 is 0 Å². The molecule has 13 heavy (non-hydrogen) atoms. The number of hydrogen-bond acceptors (Lipinski definition) is 4. The topological polar surface area (TPSA) is 74.7 Å². The van der Waals surface area contributed by atoms with E-state index in [9.17, 15) is 13.9 Å². The molecule has 1 atom stereocenters. The molecule has 0 bridgehead atoms. The first-order valence-electron chi connectivity index (χ1n) is 3.28. The van der Waals surface area contributed by atoms with Crippen LogP contribution < -0.4 is 0 Å². The van der Waals surface area contributed by atoms with E-state index in [1.165, 1.54) is 6.92 Å². The Balaban J connectivity index is 4.46. The van der Waals surface area contributed by atoms with Gasteiger partial charge in [0.25, 0.3) is 0 Å². The minimum atomic E-state index is -0.987. The molecule has 0 aliphatic rings. The van der Waals surface area contributed by atoms with Gasteiger partial charge in [0.2, 0.25) is 0 Å². The molecular weight excluding hydrogens is 212 g/mol. The average molecular weight is 219 g/mol. The molecule has 1 unspecified atom stereocenters. The summed E-state index contributed by atoms with van der Waals surface area (Å²) in [5.74, 6) is 2.83. The summed E-state index contributed by atoms with van der Waals surface area (Å²) < 4.78 is 20.2. The van der Waals surface area contributed by atoms with Crippen LogP contribution >= 0.6 is 15.8 Å². The fourth-order valence-electron chi connectivity index (χ4n) is 0.555. The Labute approximate surface area is 77.4 Å². The molecule has 0 saturated carbocycles. The van der Waals surface area contributed by atoms with Crippen molar-refractivity contribution in [3.05, 3.63) is 0 Å². The van der Waals surface area contributed by atoms with Crippen LogP contribution in [0.2, 0.25) is 0 Å². The van der Waals surface area contributed by atoms with Crippen molar-refractivity contribution in [2.75, 3.05) is 6.54 Å². The van der Waals surface area contributed by atoms with Crippen molar-refractivity contribution in [1.82, 2.24) is 4.90 Å². The fraction of sp³-hybridized carbons (Fsp3) is 0.500. The minimum absolute atomic E-state index is 0.0415. The van der Waals surface area contributed by atoms with Crippen molar-refractivity contribution in [1.29, 1.82) is 0 Å². The molecule has 0 aromatic heterocycles. The summed E-state index contributed by atoms with van der Waals surface area (Å²) in [6, 6.07) is 0. The van der Waals surface area contributed by atoms with Crippen LogP contribution in [-0.4, -0.2) is 22.5 Å². The molecule has 0 rings (SSSR count). The summed E-state index contributed by atoms with van der Waals surface area (Å²) in [6.45, 7) is 1.52. The van der Waals surface area contributed by atoms with Gasteiger partial charge in [0.05, 0.1) is 0 Å². The van der Waals surface area contributed by atoms with Crippen LogP contribution in [0, 0.1) is 17.4 Å². The molecule has 5 nitrogen and oxygen atoms in total. The first kappa shape index (κ1) is 12.4. The normalized spacial score (nSPS) is 11.2. The van der Waals surface area contributed by atoms with Gasteiger partial charge < -0.3 is 0 Å². The van der Waals surface area contributed by atoms with Gasteiger partial charge in [-0.25, -0.2) is 0 Å². The Morgan fingerprint density at radius 2 is 1.92 bits per heavy atom. The van der Waals surface area contributed by atoms with Gasteiger partial charge in [0, 0.05) is 0 Å². The van der Waals surface area contributed by atoms with Gasteiger partial charge in [0.1, 0.15) is 0 Å². The van der Waals surface area contributed by atoms with Gasteiger partial charge >= 0.3 is 76.6 Å². The van der Waals surface area contributed by atoms with Gasteiger partial charge in [0.15, 0.2) is 0 Å². The molecule has 0 fully saturated rings. The third-order valence-electron chi connectivity index (χ3n) is 1.20. The molecule has 0 radical (unpaired) electrons. The predicted molar refractivity (Wildman–Crippen MR) is 46.5 cm³/mol. The molecule has 7 heteroatoms. The third kappa shape index (κ3) is 5.65. The van der Waals surface area contributed by atoms with E-state index < -0.39 is 27.7 Å². The van der Waals surface area contributed by atoms with Crippen molar-refractivity contribution < 1.29 is 19.0 Å². The van der Waals surface area contributed by atoms with E-state index in [1.54, 1.807) is 0 Å². The summed E-state index contributed by atoms with van der Waals surface area (Å²) in [5.41, 5.74) is 0. The van der Waals surface area contributed by atoms with Gasteiger partial charge in [-0.3, -0.25) is 0 Å². The molecule has 0 heterocycles. The summed E-state index contributed by atoms with van der Waals surface area (Å²) in [4.78, 5) is 11.5. The van der Waals surface area contributed by atoms with Gasteiger partial charge in [-0.1, -0.05) is 0 Å². The standard InChI is InChI=1S/C6H7NO4P2/c1-5(6(8)9)2-7(3-12-10)4-13-11/h5H,2H2,1H3,(H,8,9). The molecule has 0 aromatic rings. The molecule has 0 spiro atoms. The van der Waals surface area contributed by atoms with E-state index in [1.807, 2.05) is 0 Å². The van der Waals surface area contributed by atoms with Crippen molar-refractivity contribution in [3.63, 3.8) is 0 Å². The van der Waals surface area contributed by atoms with Crippen molar-refractivity contribution in [3.8, 4) is 11.5 Å². The van der Waals surface area contributed by atoms with E-state index in [2.05, 4.69) is 11.5 Å². The second-order valence-electron chi connectivity index (χ2n) is 2.23.